The number of carbonyl (C=O) groups excluding carboxylic acids is 1. The summed E-state index contributed by atoms with van der Waals surface area (Å²) in [4.78, 5) is 24.0. The normalized spacial score (nSPS) is 26.8. The van der Waals surface area contributed by atoms with Crippen LogP contribution in [0.25, 0.3) is 10.9 Å². The first-order valence-corrected chi connectivity index (χ1v) is 14.8. The fraction of sp³-hybridized carbons (Fsp3) is 0.469. The second kappa shape index (κ2) is 11.9. The van der Waals surface area contributed by atoms with Gasteiger partial charge in [0.15, 0.2) is 11.6 Å². The third kappa shape index (κ3) is 5.99. The number of rotatable bonds is 10. The van der Waals surface area contributed by atoms with Crippen molar-refractivity contribution in [1.82, 2.24) is 14.9 Å². The molecule has 9 nitrogen and oxygen atoms in total. The van der Waals surface area contributed by atoms with Gasteiger partial charge in [0.05, 0.1) is 50.8 Å². The highest BCUT2D eigenvalue weighted by Gasteiger charge is 2.54. The van der Waals surface area contributed by atoms with Crippen LogP contribution in [0.2, 0.25) is 0 Å². The third-order valence-corrected chi connectivity index (χ3v) is 8.98. The Morgan fingerprint density at radius 3 is 2.63 bits per heavy atom. The van der Waals surface area contributed by atoms with E-state index in [2.05, 4.69) is 15.3 Å². The average molecular weight is 593 g/mol. The number of Topliss-reactive ketones (excluding diaryl/α,β-unsaturated/α-hetero) is 1. The van der Waals surface area contributed by atoms with Crippen molar-refractivity contribution >= 4 is 28.2 Å². The molecule has 3 saturated heterocycles. The van der Waals surface area contributed by atoms with E-state index < -0.39 is 11.6 Å². The Labute approximate surface area is 248 Å². The third-order valence-electron chi connectivity index (χ3n) is 8.98. The number of hydrogen-bond donors (Lipinski definition) is 1. The van der Waals surface area contributed by atoms with Crippen molar-refractivity contribution < 1.29 is 32.5 Å². The number of ketones is 1. The van der Waals surface area contributed by atoms with E-state index in [0.717, 1.165) is 13.2 Å². The highest BCUT2D eigenvalue weighted by atomic mass is 19.1. The quantitative estimate of drug-likeness (QED) is 0.349. The molecule has 1 saturated carbocycles. The van der Waals surface area contributed by atoms with Gasteiger partial charge in [0.1, 0.15) is 23.7 Å². The summed E-state index contributed by atoms with van der Waals surface area (Å²) >= 11 is 0. The molecule has 43 heavy (non-hydrogen) atoms. The molecule has 4 atom stereocenters. The Bertz CT molecular complexity index is 1540. The van der Waals surface area contributed by atoms with Crippen LogP contribution >= 0.6 is 0 Å². The lowest BCUT2D eigenvalue weighted by atomic mass is 10.0. The van der Waals surface area contributed by atoms with Crippen molar-refractivity contribution in [2.24, 2.45) is 17.8 Å². The molecule has 1 N–H and O–H groups in total. The van der Waals surface area contributed by atoms with Crippen molar-refractivity contribution in [3.05, 3.63) is 65.5 Å². The number of aryl methyl sites for hydroxylation is 1. The predicted molar refractivity (Wildman–Crippen MR) is 155 cm³/mol. The molecule has 2 aromatic carbocycles. The van der Waals surface area contributed by atoms with E-state index >= 15 is 4.39 Å². The molecule has 1 aliphatic carbocycles. The van der Waals surface area contributed by atoms with Gasteiger partial charge in [-0.3, -0.25) is 9.69 Å². The molecule has 0 amide bonds. The summed E-state index contributed by atoms with van der Waals surface area (Å²) in [5.74, 6) is 0.687. The number of hydrogen-bond acceptors (Lipinski definition) is 9. The smallest absolute Gasteiger partial charge is 0.195 e. The van der Waals surface area contributed by atoms with Gasteiger partial charge in [-0.05, 0) is 54.7 Å². The van der Waals surface area contributed by atoms with Crippen LogP contribution in [0.15, 0.2) is 48.6 Å². The number of allylic oxidation sites excluding steroid dienone is 1. The highest BCUT2D eigenvalue weighted by molar-refractivity contribution is 5.97. The topological polar surface area (TPSA) is 95.0 Å². The molecule has 226 valence electrons. The van der Waals surface area contributed by atoms with Gasteiger partial charge in [-0.2, -0.15) is 0 Å². The molecular formula is C32H34F2N4O5. The number of likely N-dealkylation sites (tertiary alicyclic amines) is 1. The van der Waals surface area contributed by atoms with Gasteiger partial charge in [-0.1, -0.05) is 0 Å². The van der Waals surface area contributed by atoms with Crippen LogP contribution in [0, 0.1) is 30.5 Å². The van der Waals surface area contributed by atoms with Crippen LogP contribution in [0.3, 0.4) is 0 Å². The van der Waals surface area contributed by atoms with Crippen LogP contribution in [-0.4, -0.2) is 85.5 Å². The number of aromatic nitrogens is 2. The van der Waals surface area contributed by atoms with Gasteiger partial charge in [-0.25, -0.2) is 18.7 Å². The summed E-state index contributed by atoms with van der Waals surface area (Å²) in [6.45, 7) is 6.39. The minimum absolute atomic E-state index is 0.0142. The van der Waals surface area contributed by atoms with Gasteiger partial charge in [0.25, 0.3) is 0 Å². The standard InChI is InChI=1S/C32H34F2N4O5/c1-18-8-20(2-3-25(18)33)37-32-21-9-19(10-28(39)26(34)4-5-38-12-30-31(13-38)42-7-6-41-30)29(11-27(21)35-17-36-32)43-16-24-22-14-40-15-23(22)24/h2-4,8-9,11,17,22-24,30-31H,5-7,10,12-16H2,1H3,(H,35,36,37)/b26-4+/t22?,23?,24?,30-,31+. The molecule has 4 fully saturated rings. The van der Waals surface area contributed by atoms with E-state index in [1.165, 1.54) is 18.5 Å². The Balaban J connectivity index is 1.12. The zero-order valence-corrected chi connectivity index (χ0v) is 23.9. The molecule has 0 spiro atoms. The summed E-state index contributed by atoms with van der Waals surface area (Å²) in [7, 11) is 0. The molecule has 3 aromatic rings. The van der Waals surface area contributed by atoms with E-state index in [4.69, 9.17) is 18.9 Å². The van der Waals surface area contributed by atoms with Crippen LogP contribution in [0.5, 0.6) is 5.75 Å². The van der Waals surface area contributed by atoms with Crippen molar-refractivity contribution in [2.75, 3.05) is 58.0 Å². The second-order valence-electron chi connectivity index (χ2n) is 11.8. The molecule has 7 rings (SSSR count). The maximum absolute atomic E-state index is 15.2. The van der Waals surface area contributed by atoms with Gasteiger partial charge < -0.3 is 24.3 Å². The number of carbonyl (C=O) groups is 1. The largest absolute Gasteiger partial charge is 0.493 e. The summed E-state index contributed by atoms with van der Waals surface area (Å²) in [5, 5.41) is 3.87. The van der Waals surface area contributed by atoms with Gasteiger partial charge in [0.2, 0.25) is 0 Å². The number of anilines is 2. The first-order valence-electron chi connectivity index (χ1n) is 14.8. The van der Waals surface area contributed by atoms with E-state index in [-0.39, 0.29) is 24.4 Å². The predicted octanol–water partition coefficient (Wildman–Crippen LogP) is 4.16. The van der Waals surface area contributed by atoms with Crippen molar-refractivity contribution in [1.29, 1.82) is 0 Å². The summed E-state index contributed by atoms with van der Waals surface area (Å²) in [5.41, 5.74) is 2.31. The SMILES string of the molecule is Cc1cc(Nc2ncnc3cc(OCC4C5COCC54)c(CC(=O)/C(F)=C\CN4C[C@@H]5OCCO[C@@H]5C4)cc23)ccc1F. The number of halogens is 2. The monoisotopic (exact) mass is 592 g/mol. The maximum Gasteiger partial charge on any atom is 0.195 e. The molecular weight excluding hydrogens is 558 g/mol. The first-order chi connectivity index (χ1) is 20.9. The van der Waals surface area contributed by atoms with Gasteiger partial charge in [0, 0.05) is 54.7 Å². The molecule has 4 heterocycles. The molecule has 0 radical (unpaired) electrons. The Hall–Kier alpha value is -3.51. The second-order valence-corrected chi connectivity index (χ2v) is 11.8. The van der Waals surface area contributed by atoms with Crippen LogP contribution in [0.4, 0.5) is 20.3 Å². The highest BCUT2D eigenvalue weighted by Crippen LogP contribution is 2.50. The average Bonchev–Trinajstić information content (AvgIpc) is 3.31. The van der Waals surface area contributed by atoms with Crippen molar-refractivity contribution in [3.63, 3.8) is 0 Å². The Morgan fingerprint density at radius 1 is 1.12 bits per heavy atom. The van der Waals surface area contributed by atoms with E-state index in [1.54, 1.807) is 31.2 Å². The summed E-state index contributed by atoms with van der Waals surface area (Å²) in [6.07, 6.45) is 2.56. The number of nitrogens with zero attached hydrogens (tertiary/aromatic N) is 3. The molecule has 3 aliphatic heterocycles. The fourth-order valence-electron chi connectivity index (χ4n) is 6.42. The van der Waals surface area contributed by atoms with Gasteiger partial charge >= 0.3 is 0 Å². The fourth-order valence-corrected chi connectivity index (χ4v) is 6.42. The zero-order chi connectivity index (χ0) is 29.5. The minimum Gasteiger partial charge on any atom is -0.493 e. The first kappa shape index (κ1) is 28.3. The Kier molecular flexibility index (Phi) is 7.81. The Morgan fingerprint density at radius 2 is 1.88 bits per heavy atom. The van der Waals surface area contributed by atoms with Crippen molar-refractivity contribution in [3.8, 4) is 5.75 Å². The summed E-state index contributed by atoms with van der Waals surface area (Å²) < 4.78 is 52.2. The maximum atomic E-state index is 15.2. The summed E-state index contributed by atoms with van der Waals surface area (Å²) in [6, 6.07) is 8.27. The number of nitrogens with one attached hydrogen (secondary N) is 1. The lowest BCUT2D eigenvalue weighted by molar-refractivity contribution is -0.116. The van der Waals surface area contributed by atoms with E-state index in [0.29, 0.717) is 96.5 Å². The lowest BCUT2D eigenvalue weighted by Gasteiger charge is -2.24. The zero-order valence-electron chi connectivity index (χ0n) is 23.9. The number of benzene rings is 2. The molecule has 1 aromatic heterocycles. The van der Waals surface area contributed by atoms with Crippen LogP contribution in [-0.2, 0) is 25.4 Å². The van der Waals surface area contributed by atoms with Gasteiger partial charge in [-0.15, -0.1) is 0 Å². The van der Waals surface area contributed by atoms with E-state index in [1.807, 2.05) is 4.90 Å². The lowest BCUT2D eigenvalue weighted by Crippen LogP contribution is -2.36. The molecule has 2 unspecified atom stereocenters. The molecule has 4 aliphatic rings. The molecule has 11 heteroatoms. The number of fused-ring (bicyclic) bond motifs is 3. The molecule has 0 bridgehead atoms. The van der Waals surface area contributed by atoms with Crippen LogP contribution < -0.4 is 10.1 Å². The number of ether oxygens (including phenoxy) is 4. The van der Waals surface area contributed by atoms with Crippen LogP contribution in [0.1, 0.15) is 11.1 Å². The van der Waals surface area contributed by atoms with E-state index in [9.17, 15) is 9.18 Å². The minimum atomic E-state index is -0.791. The van der Waals surface area contributed by atoms with Crippen molar-refractivity contribution in [2.45, 2.75) is 25.6 Å².